The lowest BCUT2D eigenvalue weighted by atomic mass is 10.1. The maximum atomic E-state index is 11.7. The number of amides is 2. The Bertz CT molecular complexity index is 572. The Morgan fingerprint density at radius 2 is 1.86 bits per heavy atom. The lowest BCUT2D eigenvalue weighted by molar-refractivity contribution is -0.121. The fourth-order valence-electron chi connectivity index (χ4n) is 2.01. The summed E-state index contributed by atoms with van der Waals surface area (Å²) in [4.78, 5) is 23.2. The number of carbonyl (C=O) groups is 2. The number of hydrazone groups is 1. The maximum Gasteiger partial charge on any atom is 0.240 e. The molecule has 0 aliphatic heterocycles. The first-order chi connectivity index (χ1) is 10.5. The van der Waals surface area contributed by atoms with E-state index in [2.05, 4.69) is 15.8 Å². The molecule has 0 radical (unpaired) electrons. The molecular weight excluding hydrogens is 278 g/mol. The monoisotopic (exact) mass is 301 g/mol. The Labute approximate surface area is 131 Å². The number of hydrogen-bond donors (Lipinski definition) is 2. The van der Waals surface area contributed by atoms with Crippen LogP contribution in [0.3, 0.4) is 0 Å². The van der Waals surface area contributed by atoms with Crippen molar-refractivity contribution in [1.82, 2.24) is 5.43 Å². The van der Waals surface area contributed by atoms with Gasteiger partial charge in [-0.05, 0) is 43.4 Å². The second kappa shape index (κ2) is 7.20. The predicted molar refractivity (Wildman–Crippen MR) is 87.6 cm³/mol. The molecule has 0 heterocycles. The van der Waals surface area contributed by atoms with Crippen LogP contribution in [-0.4, -0.2) is 17.5 Å². The second-order valence-corrected chi connectivity index (χ2v) is 6.17. The average Bonchev–Trinajstić information content (AvgIpc) is 3.29. The largest absolute Gasteiger partial charge is 0.326 e. The Hall–Kier alpha value is -2.17. The third-order valence-electron chi connectivity index (χ3n) is 3.46. The first kappa shape index (κ1) is 16.2. The molecule has 1 saturated carbocycles. The van der Waals surface area contributed by atoms with E-state index in [1.807, 2.05) is 45.0 Å². The minimum Gasteiger partial charge on any atom is -0.326 e. The van der Waals surface area contributed by atoms with Crippen molar-refractivity contribution in [1.29, 1.82) is 0 Å². The molecule has 0 atom stereocenters. The number of rotatable bonds is 6. The summed E-state index contributed by atoms with van der Waals surface area (Å²) < 4.78 is 0. The molecule has 5 nitrogen and oxygen atoms in total. The molecule has 0 aromatic heterocycles. The van der Waals surface area contributed by atoms with E-state index in [9.17, 15) is 9.59 Å². The van der Waals surface area contributed by atoms with Crippen molar-refractivity contribution in [2.24, 2.45) is 16.9 Å². The van der Waals surface area contributed by atoms with Crippen molar-refractivity contribution in [3.63, 3.8) is 0 Å². The van der Waals surface area contributed by atoms with Gasteiger partial charge < -0.3 is 5.32 Å². The molecule has 1 aromatic carbocycles. The third-order valence-corrected chi connectivity index (χ3v) is 3.46. The Morgan fingerprint density at radius 3 is 2.41 bits per heavy atom. The second-order valence-electron chi connectivity index (χ2n) is 6.17. The van der Waals surface area contributed by atoms with Gasteiger partial charge in [0.2, 0.25) is 11.8 Å². The van der Waals surface area contributed by atoms with Crippen LogP contribution in [0.5, 0.6) is 0 Å². The Kier molecular flexibility index (Phi) is 5.31. The number of nitrogens with zero attached hydrogens (tertiary/aromatic N) is 1. The first-order valence-electron chi connectivity index (χ1n) is 7.70. The molecule has 118 valence electrons. The van der Waals surface area contributed by atoms with Crippen molar-refractivity contribution in [2.75, 3.05) is 5.32 Å². The Morgan fingerprint density at radius 1 is 1.23 bits per heavy atom. The summed E-state index contributed by atoms with van der Waals surface area (Å²) in [6, 6.07) is 7.47. The molecule has 0 spiro atoms. The van der Waals surface area contributed by atoms with Crippen LogP contribution in [0.25, 0.3) is 0 Å². The van der Waals surface area contributed by atoms with Gasteiger partial charge in [-0.15, -0.1) is 0 Å². The summed E-state index contributed by atoms with van der Waals surface area (Å²) in [5.74, 6) is 0.519. The summed E-state index contributed by atoms with van der Waals surface area (Å²) >= 11 is 0. The SMILES string of the molecule is CC(=NNC(=O)CC(C)C)c1ccc(NC(=O)C2CC2)cc1. The molecule has 0 bridgehead atoms. The van der Waals surface area contributed by atoms with E-state index < -0.39 is 0 Å². The summed E-state index contributed by atoms with van der Waals surface area (Å²) in [6.45, 7) is 5.82. The Balaban J connectivity index is 1.90. The number of hydrogen-bond acceptors (Lipinski definition) is 3. The van der Waals surface area contributed by atoms with Crippen LogP contribution >= 0.6 is 0 Å². The summed E-state index contributed by atoms with van der Waals surface area (Å²) in [5.41, 5.74) is 5.00. The van der Waals surface area contributed by atoms with Gasteiger partial charge >= 0.3 is 0 Å². The van der Waals surface area contributed by atoms with E-state index in [4.69, 9.17) is 0 Å². The molecule has 5 heteroatoms. The van der Waals surface area contributed by atoms with Crippen LogP contribution in [-0.2, 0) is 9.59 Å². The smallest absolute Gasteiger partial charge is 0.240 e. The summed E-state index contributed by atoms with van der Waals surface area (Å²) in [7, 11) is 0. The van der Waals surface area contributed by atoms with Crippen LogP contribution in [0.15, 0.2) is 29.4 Å². The molecular formula is C17H23N3O2. The van der Waals surface area contributed by atoms with E-state index in [0.29, 0.717) is 12.3 Å². The standard InChI is InChI=1S/C17H23N3O2/c1-11(2)10-16(21)20-19-12(3)13-6-8-15(9-7-13)18-17(22)14-4-5-14/h6-9,11,14H,4-5,10H2,1-3H3,(H,18,22)(H,20,21). The van der Waals surface area contributed by atoms with E-state index in [0.717, 1.165) is 29.8 Å². The molecule has 1 aliphatic carbocycles. The van der Waals surface area contributed by atoms with E-state index in [1.54, 1.807) is 0 Å². The van der Waals surface area contributed by atoms with Gasteiger partial charge in [0.25, 0.3) is 0 Å². The molecule has 2 amide bonds. The van der Waals surface area contributed by atoms with Crippen molar-refractivity contribution in [2.45, 2.75) is 40.0 Å². The van der Waals surface area contributed by atoms with Gasteiger partial charge in [-0.3, -0.25) is 9.59 Å². The van der Waals surface area contributed by atoms with Gasteiger partial charge in [0.1, 0.15) is 0 Å². The van der Waals surface area contributed by atoms with Crippen molar-refractivity contribution in [3.05, 3.63) is 29.8 Å². The lowest BCUT2D eigenvalue weighted by Gasteiger charge is -2.07. The van der Waals surface area contributed by atoms with Crippen LogP contribution in [0, 0.1) is 11.8 Å². The number of anilines is 1. The van der Waals surface area contributed by atoms with Crippen LogP contribution in [0.1, 0.15) is 45.6 Å². The van der Waals surface area contributed by atoms with Gasteiger partial charge in [-0.25, -0.2) is 5.43 Å². The fraction of sp³-hybridized carbons (Fsp3) is 0.471. The highest BCUT2D eigenvalue weighted by Gasteiger charge is 2.29. The van der Waals surface area contributed by atoms with Crippen LogP contribution in [0.2, 0.25) is 0 Å². The zero-order valence-corrected chi connectivity index (χ0v) is 13.3. The van der Waals surface area contributed by atoms with Gasteiger partial charge in [-0.1, -0.05) is 26.0 Å². The van der Waals surface area contributed by atoms with Crippen molar-refractivity contribution >= 4 is 23.2 Å². The molecule has 0 unspecified atom stereocenters. The van der Waals surface area contributed by atoms with Gasteiger partial charge in [0.05, 0.1) is 5.71 Å². The van der Waals surface area contributed by atoms with E-state index in [1.165, 1.54) is 0 Å². The highest BCUT2D eigenvalue weighted by Crippen LogP contribution is 2.30. The molecule has 0 saturated heterocycles. The zero-order chi connectivity index (χ0) is 16.1. The van der Waals surface area contributed by atoms with Gasteiger partial charge in [0, 0.05) is 18.0 Å². The molecule has 1 aromatic rings. The first-order valence-corrected chi connectivity index (χ1v) is 7.70. The quantitative estimate of drug-likeness (QED) is 0.626. The number of nitrogens with one attached hydrogen (secondary N) is 2. The molecule has 22 heavy (non-hydrogen) atoms. The summed E-state index contributed by atoms with van der Waals surface area (Å²) in [6.07, 6.45) is 2.44. The molecule has 1 fully saturated rings. The van der Waals surface area contributed by atoms with Gasteiger partial charge in [-0.2, -0.15) is 5.10 Å². The van der Waals surface area contributed by atoms with Crippen LogP contribution < -0.4 is 10.7 Å². The molecule has 2 rings (SSSR count). The average molecular weight is 301 g/mol. The normalized spacial score (nSPS) is 14.8. The number of benzene rings is 1. The topological polar surface area (TPSA) is 70.6 Å². The highest BCUT2D eigenvalue weighted by atomic mass is 16.2. The van der Waals surface area contributed by atoms with Crippen LogP contribution in [0.4, 0.5) is 5.69 Å². The minimum atomic E-state index is -0.0809. The predicted octanol–water partition coefficient (Wildman–Crippen LogP) is 2.92. The number of carbonyl (C=O) groups excluding carboxylic acids is 2. The van der Waals surface area contributed by atoms with E-state index >= 15 is 0 Å². The van der Waals surface area contributed by atoms with Crippen molar-refractivity contribution in [3.8, 4) is 0 Å². The molecule has 1 aliphatic rings. The highest BCUT2D eigenvalue weighted by molar-refractivity contribution is 6.00. The summed E-state index contributed by atoms with van der Waals surface area (Å²) in [5, 5.41) is 7.00. The zero-order valence-electron chi connectivity index (χ0n) is 13.3. The maximum absolute atomic E-state index is 11.7. The van der Waals surface area contributed by atoms with Gasteiger partial charge in [0.15, 0.2) is 0 Å². The van der Waals surface area contributed by atoms with E-state index in [-0.39, 0.29) is 17.7 Å². The minimum absolute atomic E-state index is 0.0809. The third kappa shape index (κ3) is 4.98. The van der Waals surface area contributed by atoms with Crippen molar-refractivity contribution < 1.29 is 9.59 Å². The fourth-order valence-corrected chi connectivity index (χ4v) is 2.01. The molecule has 2 N–H and O–H groups in total. The lowest BCUT2D eigenvalue weighted by Crippen LogP contribution is -2.20.